The van der Waals surface area contributed by atoms with E-state index in [1.807, 2.05) is 6.07 Å². The minimum atomic E-state index is 0.0754. The molecule has 1 aromatic carbocycles. The fourth-order valence-corrected chi connectivity index (χ4v) is 5.78. The predicted octanol–water partition coefficient (Wildman–Crippen LogP) is 5.10. The molecule has 2 saturated carbocycles. The van der Waals surface area contributed by atoms with E-state index in [0.717, 1.165) is 42.0 Å². The van der Waals surface area contributed by atoms with Gasteiger partial charge in [0.1, 0.15) is 11.6 Å². The van der Waals surface area contributed by atoms with Crippen LogP contribution in [0.2, 0.25) is 0 Å². The first-order valence-electron chi connectivity index (χ1n) is 12.9. The van der Waals surface area contributed by atoms with Crippen molar-refractivity contribution in [3.05, 3.63) is 41.0 Å². The molecular formula is C27H39N5O. The van der Waals surface area contributed by atoms with Crippen molar-refractivity contribution in [1.29, 1.82) is 0 Å². The molecule has 6 nitrogen and oxygen atoms in total. The van der Waals surface area contributed by atoms with Crippen LogP contribution < -0.4 is 10.6 Å². The summed E-state index contributed by atoms with van der Waals surface area (Å²) in [4.78, 5) is 13.1. The Balaban J connectivity index is 1.34. The second-order valence-electron chi connectivity index (χ2n) is 11.3. The smallest absolute Gasteiger partial charge is 0.225 e. The number of carbonyl (C=O) groups excluding carboxylic acids is 1. The highest BCUT2D eigenvalue weighted by atomic mass is 16.1. The van der Waals surface area contributed by atoms with Crippen LogP contribution in [0.1, 0.15) is 93.0 Å². The second-order valence-corrected chi connectivity index (χ2v) is 11.3. The summed E-state index contributed by atoms with van der Waals surface area (Å²) in [5, 5.41) is 16.1. The highest BCUT2D eigenvalue weighted by Gasteiger charge is 2.41. The molecule has 2 aromatic rings. The molecule has 0 bridgehead atoms. The first-order valence-corrected chi connectivity index (χ1v) is 12.9. The van der Waals surface area contributed by atoms with Gasteiger partial charge in [0.25, 0.3) is 0 Å². The first kappa shape index (κ1) is 22.6. The SMILES string of the molecule is Cc1ccc(NC(=O)CC(c2nnc(C3CC(CC(C)C)C3)n2C2CC2)C2CNC2)c(C)c1. The van der Waals surface area contributed by atoms with Crippen molar-refractivity contribution >= 4 is 11.6 Å². The van der Waals surface area contributed by atoms with Crippen molar-refractivity contribution in [2.24, 2.45) is 17.8 Å². The Kier molecular flexibility index (Phi) is 6.30. The molecule has 1 saturated heterocycles. The highest BCUT2D eigenvalue weighted by Crippen LogP contribution is 2.48. The molecule has 2 heterocycles. The van der Waals surface area contributed by atoms with Crippen LogP contribution in [0, 0.1) is 31.6 Å². The van der Waals surface area contributed by atoms with Crippen LogP contribution in [0.5, 0.6) is 0 Å². The van der Waals surface area contributed by atoms with E-state index in [0.29, 0.717) is 24.3 Å². The topological polar surface area (TPSA) is 71.8 Å². The summed E-state index contributed by atoms with van der Waals surface area (Å²) in [6, 6.07) is 6.71. The van der Waals surface area contributed by atoms with Gasteiger partial charge in [-0.15, -0.1) is 10.2 Å². The molecule has 3 aliphatic rings. The molecule has 1 atom stereocenters. The zero-order valence-electron chi connectivity index (χ0n) is 20.6. The van der Waals surface area contributed by atoms with E-state index < -0.39 is 0 Å². The molecule has 1 unspecified atom stereocenters. The Bertz CT molecular complexity index is 998. The molecule has 178 valence electrons. The molecule has 1 aliphatic heterocycles. The molecule has 1 aromatic heterocycles. The summed E-state index contributed by atoms with van der Waals surface area (Å²) in [6.07, 6.45) is 6.69. The Morgan fingerprint density at radius 3 is 2.55 bits per heavy atom. The number of rotatable bonds is 9. The van der Waals surface area contributed by atoms with Gasteiger partial charge in [-0.25, -0.2) is 0 Å². The predicted molar refractivity (Wildman–Crippen MR) is 131 cm³/mol. The number of benzene rings is 1. The third-order valence-electron chi connectivity index (χ3n) is 7.84. The normalized spacial score (nSPS) is 23.8. The van der Waals surface area contributed by atoms with E-state index >= 15 is 0 Å². The molecule has 6 heteroatoms. The number of hydrogen-bond acceptors (Lipinski definition) is 4. The van der Waals surface area contributed by atoms with Crippen LogP contribution in [0.25, 0.3) is 0 Å². The monoisotopic (exact) mass is 449 g/mol. The van der Waals surface area contributed by atoms with E-state index in [9.17, 15) is 4.79 Å². The van der Waals surface area contributed by atoms with Gasteiger partial charge < -0.3 is 15.2 Å². The van der Waals surface area contributed by atoms with Crippen LogP contribution in [0.15, 0.2) is 18.2 Å². The van der Waals surface area contributed by atoms with E-state index in [2.05, 4.69) is 55.0 Å². The van der Waals surface area contributed by atoms with E-state index in [-0.39, 0.29) is 11.8 Å². The van der Waals surface area contributed by atoms with Crippen molar-refractivity contribution in [2.75, 3.05) is 18.4 Å². The van der Waals surface area contributed by atoms with Crippen LogP contribution in [-0.2, 0) is 4.79 Å². The van der Waals surface area contributed by atoms with Gasteiger partial charge >= 0.3 is 0 Å². The van der Waals surface area contributed by atoms with Gasteiger partial charge in [-0.2, -0.15) is 0 Å². The Morgan fingerprint density at radius 1 is 1.18 bits per heavy atom. The summed E-state index contributed by atoms with van der Waals surface area (Å²) in [5.41, 5.74) is 3.22. The van der Waals surface area contributed by atoms with Gasteiger partial charge in [0.2, 0.25) is 5.91 Å². The molecule has 0 spiro atoms. The third kappa shape index (κ3) is 4.86. The zero-order chi connectivity index (χ0) is 23.1. The Hall–Kier alpha value is -2.21. The number of nitrogens with zero attached hydrogens (tertiary/aromatic N) is 3. The van der Waals surface area contributed by atoms with E-state index in [1.54, 1.807) is 0 Å². The third-order valence-corrected chi connectivity index (χ3v) is 7.84. The highest BCUT2D eigenvalue weighted by molar-refractivity contribution is 5.92. The minimum Gasteiger partial charge on any atom is -0.326 e. The average molecular weight is 450 g/mol. The average Bonchev–Trinajstić information content (AvgIpc) is 3.43. The number of aromatic nitrogens is 3. The lowest BCUT2D eigenvalue weighted by molar-refractivity contribution is -0.117. The van der Waals surface area contributed by atoms with Crippen molar-refractivity contribution in [2.45, 2.75) is 84.1 Å². The molecular weight excluding hydrogens is 410 g/mol. The summed E-state index contributed by atoms with van der Waals surface area (Å²) < 4.78 is 2.46. The number of amides is 1. The van der Waals surface area contributed by atoms with Gasteiger partial charge in [-0.1, -0.05) is 31.5 Å². The van der Waals surface area contributed by atoms with Gasteiger partial charge in [-0.3, -0.25) is 4.79 Å². The van der Waals surface area contributed by atoms with Crippen LogP contribution in [0.3, 0.4) is 0 Å². The lowest BCUT2D eigenvalue weighted by Gasteiger charge is -2.37. The number of nitrogens with one attached hydrogen (secondary N) is 2. The number of anilines is 1. The van der Waals surface area contributed by atoms with Crippen LogP contribution >= 0.6 is 0 Å². The van der Waals surface area contributed by atoms with Crippen LogP contribution in [0.4, 0.5) is 5.69 Å². The van der Waals surface area contributed by atoms with E-state index in [1.165, 1.54) is 43.5 Å². The van der Waals surface area contributed by atoms with Crippen LogP contribution in [-0.4, -0.2) is 33.8 Å². The molecule has 1 amide bonds. The molecule has 2 aliphatic carbocycles. The summed E-state index contributed by atoms with van der Waals surface area (Å²) in [7, 11) is 0. The number of hydrogen-bond donors (Lipinski definition) is 2. The van der Waals surface area contributed by atoms with Crippen molar-refractivity contribution in [3.63, 3.8) is 0 Å². The standard InChI is InChI=1S/C27H39N5O/c1-16(2)9-19-11-20(12-19)26-30-31-27(32(26)22-6-7-22)23(21-14-28-15-21)13-25(33)29-24-8-5-17(3)10-18(24)4/h5,8,10,16,19-23,28H,6-7,9,11-15H2,1-4H3,(H,29,33). The Labute approximate surface area is 197 Å². The number of carbonyl (C=O) groups is 1. The number of aryl methyl sites for hydroxylation is 2. The van der Waals surface area contributed by atoms with Crippen molar-refractivity contribution in [3.8, 4) is 0 Å². The van der Waals surface area contributed by atoms with E-state index in [4.69, 9.17) is 10.2 Å². The largest absolute Gasteiger partial charge is 0.326 e. The van der Waals surface area contributed by atoms with Gasteiger partial charge in [0.05, 0.1) is 0 Å². The minimum absolute atomic E-state index is 0.0754. The van der Waals surface area contributed by atoms with Gasteiger partial charge in [0, 0.05) is 30.0 Å². The van der Waals surface area contributed by atoms with Gasteiger partial charge in [0.15, 0.2) is 0 Å². The Morgan fingerprint density at radius 2 is 1.94 bits per heavy atom. The summed E-state index contributed by atoms with van der Waals surface area (Å²) >= 11 is 0. The molecule has 3 fully saturated rings. The van der Waals surface area contributed by atoms with Crippen molar-refractivity contribution in [1.82, 2.24) is 20.1 Å². The quantitative estimate of drug-likeness (QED) is 0.559. The fourth-order valence-electron chi connectivity index (χ4n) is 5.78. The molecule has 2 N–H and O–H groups in total. The maximum Gasteiger partial charge on any atom is 0.225 e. The second kappa shape index (κ2) is 9.21. The first-order chi connectivity index (χ1) is 15.9. The lowest BCUT2D eigenvalue weighted by Crippen LogP contribution is -2.46. The van der Waals surface area contributed by atoms with Gasteiger partial charge in [-0.05, 0) is 88.4 Å². The lowest BCUT2D eigenvalue weighted by atomic mass is 9.71. The summed E-state index contributed by atoms with van der Waals surface area (Å²) in [6.45, 7) is 10.7. The maximum atomic E-state index is 13.1. The van der Waals surface area contributed by atoms with Crippen molar-refractivity contribution < 1.29 is 4.79 Å². The fraction of sp³-hybridized carbons (Fsp3) is 0.667. The summed E-state index contributed by atoms with van der Waals surface area (Å²) in [5.74, 6) is 5.02. The molecule has 0 radical (unpaired) electrons. The molecule has 5 rings (SSSR count). The maximum absolute atomic E-state index is 13.1. The zero-order valence-corrected chi connectivity index (χ0v) is 20.6. The molecule has 33 heavy (non-hydrogen) atoms.